The monoisotopic (exact) mass is 425 g/mol. The predicted octanol–water partition coefficient (Wildman–Crippen LogP) is -0.323. The molecule has 0 bridgehead atoms. The number of nitrogens with zero attached hydrogens (tertiary/aromatic N) is 5. The van der Waals surface area contributed by atoms with Crippen LogP contribution in [-0.2, 0) is 19.5 Å². The van der Waals surface area contributed by atoms with Crippen LogP contribution in [-0.4, -0.2) is 112 Å². The maximum atomic E-state index is 12.7. The number of carbonyl (C=O) groups excluding carboxylic acids is 1. The zero-order valence-electron chi connectivity index (χ0n) is 16.4. The number of sulfonamides is 1. The van der Waals surface area contributed by atoms with Crippen LogP contribution in [0.1, 0.15) is 0 Å². The van der Waals surface area contributed by atoms with Gasteiger partial charge in [0.2, 0.25) is 10.0 Å². The normalized spacial score (nSPS) is 22.0. The number of urea groups is 1. The second kappa shape index (κ2) is 8.82. The molecule has 1 aromatic rings. The summed E-state index contributed by atoms with van der Waals surface area (Å²) in [5.74, 6) is 0.726. The Hall–Kier alpha value is -1.95. The summed E-state index contributed by atoms with van der Waals surface area (Å²) in [7, 11) is -3.54. The molecule has 0 radical (unpaired) electrons. The lowest BCUT2D eigenvalue weighted by molar-refractivity contribution is 0.0428. The summed E-state index contributed by atoms with van der Waals surface area (Å²) >= 11 is 0. The van der Waals surface area contributed by atoms with E-state index in [1.54, 1.807) is 12.1 Å². The number of rotatable bonds is 3. The minimum atomic E-state index is -3.54. The van der Waals surface area contributed by atoms with Crippen molar-refractivity contribution in [3.05, 3.63) is 18.3 Å². The van der Waals surface area contributed by atoms with Gasteiger partial charge in [0.1, 0.15) is 10.7 Å². The van der Waals surface area contributed by atoms with Gasteiger partial charge < -0.3 is 24.2 Å². The van der Waals surface area contributed by atoms with Crippen LogP contribution in [0, 0.1) is 0 Å². The van der Waals surface area contributed by atoms with Crippen LogP contribution in [0.5, 0.6) is 0 Å². The number of amides is 2. The molecule has 3 aliphatic heterocycles. The van der Waals surface area contributed by atoms with Gasteiger partial charge in [-0.15, -0.1) is 0 Å². The van der Waals surface area contributed by atoms with Gasteiger partial charge in [-0.1, -0.05) is 0 Å². The van der Waals surface area contributed by atoms with Crippen molar-refractivity contribution in [3.8, 4) is 0 Å². The van der Waals surface area contributed by atoms with Gasteiger partial charge in [0, 0.05) is 58.6 Å². The second-order valence-electron chi connectivity index (χ2n) is 7.22. The third-order valence-electron chi connectivity index (χ3n) is 5.48. The van der Waals surface area contributed by atoms with E-state index in [2.05, 4.69) is 9.88 Å². The van der Waals surface area contributed by atoms with Crippen molar-refractivity contribution in [2.45, 2.75) is 4.90 Å². The molecule has 0 aromatic carbocycles. The second-order valence-corrected chi connectivity index (χ2v) is 9.16. The van der Waals surface area contributed by atoms with Gasteiger partial charge in [-0.05, 0) is 12.1 Å². The van der Waals surface area contributed by atoms with Crippen molar-refractivity contribution in [1.29, 1.82) is 0 Å². The Kier molecular flexibility index (Phi) is 6.18. The SMILES string of the molecule is O=C(N1CCOCC1)N1CCN(c2ccc(S(=O)(=O)N3CCOCC3)cn2)CC1. The molecule has 10 nitrogen and oxygen atoms in total. The van der Waals surface area contributed by atoms with Crippen LogP contribution in [0.4, 0.5) is 10.6 Å². The first-order chi connectivity index (χ1) is 14.1. The van der Waals surface area contributed by atoms with Crippen molar-refractivity contribution >= 4 is 21.9 Å². The molecule has 29 heavy (non-hydrogen) atoms. The molecule has 3 saturated heterocycles. The molecule has 160 valence electrons. The lowest BCUT2D eigenvalue weighted by atomic mass is 10.3. The Morgan fingerprint density at radius 2 is 1.41 bits per heavy atom. The summed E-state index contributed by atoms with van der Waals surface area (Å²) in [5.41, 5.74) is 0. The molecule has 0 atom stereocenters. The molecule has 2 amide bonds. The number of piperazine rings is 1. The molecule has 4 rings (SSSR count). The van der Waals surface area contributed by atoms with Gasteiger partial charge in [0.25, 0.3) is 0 Å². The summed E-state index contributed by atoms with van der Waals surface area (Å²) in [5, 5.41) is 0. The van der Waals surface area contributed by atoms with Crippen molar-refractivity contribution < 1.29 is 22.7 Å². The van der Waals surface area contributed by atoms with Crippen molar-refractivity contribution in [3.63, 3.8) is 0 Å². The molecule has 0 aliphatic carbocycles. The lowest BCUT2D eigenvalue weighted by Crippen LogP contribution is -2.55. The summed E-state index contributed by atoms with van der Waals surface area (Å²) in [6, 6.07) is 3.42. The molecule has 4 heterocycles. The Morgan fingerprint density at radius 1 is 0.828 bits per heavy atom. The number of carbonyl (C=O) groups is 1. The molecule has 0 N–H and O–H groups in total. The molecule has 0 unspecified atom stereocenters. The van der Waals surface area contributed by atoms with Crippen LogP contribution in [0.25, 0.3) is 0 Å². The molecule has 3 fully saturated rings. The zero-order chi connectivity index (χ0) is 20.3. The van der Waals surface area contributed by atoms with Crippen LogP contribution >= 0.6 is 0 Å². The molecule has 0 spiro atoms. The number of anilines is 1. The average Bonchev–Trinajstić information content (AvgIpc) is 2.80. The maximum absolute atomic E-state index is 12.7. The largest absolute Gasteiger partial charge is 0.379 e. The van der Waals surface area contributed by atoms with Crippen molar-refractivity contribution in [2.24, 2.45) is 0 Å². The van der Waals surface area contributed by atoms with Crippen molar-refractivity contribution in [2.75, 3.05) is 83.7 Å². The Labute approximate surface area is 171 Å². The standard InChI is InChI=1S/C18H27N5O5S/c24-18(22-7-11-27-12-8-22)21-5-3-20(4-6-21)17-2-1-16(15-19-17)29(25,26)23-9-13-28-14-10-23/h1-2,15H,3-14H2. The van der Waals surface area contributed by atoms with Crippen LogP contribution in [0.15, 0.2) is 23.2 Å². The number of aromatic nitrogens is 1. The number of hydrogen-bond acceptors (Lipinski definition) is 7. The fourth-order valence-corrected chi connectivity index (χ4v) is 5.08. The first-order valence-electron chi connectivity index (χ1n) is 9.96. The average molecular weight is 426 g/mol. The maximum Gasteiger partial charge on any atom is 0.320 e. The van der Waals surface area contributed by atoms with E-state index >= 15 is 0 Å². The highest BCUT2D eigenvalue weighted by Crippen LogP contribution is 2.20. The molecule has 1 aromatic heterocycles. The fraction of sp³-hybridized carbons (Fsp3) is 0.667. The Balaban J connectivity index is 1.35. The van der Waals surface area contributed by atoms with Gasteiger partial charge in [-0.2, -0.15) is 4.31 Å². The summed E-state index contributed by atoms with van der Waals surface area (Å²) in [6.45, 7) is 6.58. The van der Waals surface area contributed by atoms with Crippen LogP contribution in [0.3, 0.4) is 0 Å². The van der Waals surface area contributed by atoms with Gasteiger partial charge in [-0.3, -0.25) is 0 Å². The van der Waals surface area contributed by atoms with E-state index in [9.17, 15) is 13.2 Å². The topological polar surface area (TPSA) is 95.5 Å². The molecular formula is C18H27N5O5S. The Morgan fingerprint density at radius 3 is 2.00 bits per heavy atom. The molecular weight excluding hydrogens is 398 g/mol. The first kappa shape index (κ1) is 20.3. The zero-order valence-corrected chi connectivity index (χ0v) is 17.2. The van der Waals surface area contributed by atoms with Gasteiger partial charge >= 0.3 is 6.03 Å². The third kappa shape index (κ3) is 4.47. The quantitative estimate of drug-likeness (QED) is 0.655. The Bertz CT molecular complexity index is 798. The van der Waals surface area contributed by atoms with E-state index in [0.717, 1.165) is 5.82 Å². The van der Waals surface area contributed by atoms with E-state index in [4.69, 9.17) is 9.47 Å². The summed E-state index contributed by atoms with van der Waals surface area (Å²) < 4.78 is 37.4. The van der Waals surface area contributed by atoms with Crippen LogP contribution in [0.2, 0.25) is 0 Å². The predicted molar refractivity (Wildman–Crippen MR) is 105 cm³/mol. The lowest BCUT2D eigenvalue weighted by Gasteiger charge is -2.39. The number of pyridine rings is 1. The highest BCUT2D eigenvalue weighted by Gasteiger charge is 2.29. The minimum Gasteiger partial charge on any atom is -0.379 e. The van der Waals surface area contributed by atoms with Crippen LogP contribution < -0.4 is 4.90 Å². The molecule has 0 saturated carbocycles. The van der Waals surface area contributed by atoms with Crippen molar-refractivity contribution in [1.82, 2.24) is 19.1 Å². The highest BCUT2D eigenvalue weighted by atomic mass is 32.2. The summed E-state index contributed by atoms with van der Waals surface area (Å²) in [4.78, 5) is 22.9. The van der Waals surface area contributed by atoms with E-state index in [-0.39, 0.29) is 10.9 Å². The van der Waals surface area contributed by atoms with E-state index < -0.39 is 10.0 Å². The number of morpholine rings is 2. The number of hydrogen-bond donors (Lipinski definition) is 0. The molecule has 3 aliphatic rings. The summed E-state index contributed by atoms with van der Waals surface area (Å²) in [6.07, 6.45) is 1.42. The minimum absolute atomic E-state index is 0.0628. The molecule has 11 heteroatoms. The smallest absolute Gasteiger partial charge is 0.320 e. The third-order valence-corrected chi connectivity index (χ3v) is 7.37. The van der Waals surface area contributed by atoms with E-state index in [0.29, 0.717) is 78.8 Å². The van der Waals surface area contributed by atoms with Gasteiger partial charge in [0.05, 0.1) is 26.4 Å². The van der Waals surface area contributed by atoms with Gasteiger partial charge in [-0.25, -0.2) is 18.2 Å². The first-order valence-corrected chi connectivity index (χ1v) is 11.4. The van der Waals surface area contributed by atoms with E-state index in [1.165, 1.54) is 10.5 Å². The van der Waals surface area contributed by atoms with Gasteiger partial charge in [0.15, 0.2) is 0 Å². The number of ether oxygens (including phenoxy) is 2. The highest BCUT2D eigenvalue weighted by molar-refractivity contribution is 7.89. The fourth-order valence-electron chi connectivity index (χ4n) is 3.73. The van der Waals surface area contributed by atoms with E-state index in [1.807, 2.05) is 9.80 Å².